The molecule has 0 aliphatic heterocycles. The predicted molar refractivity (Wildman–Crippen MR) is 111 cm³/mol. The summed E-state index contributed by atoms with van der Waals surface area (Å²) >= 11 is 7.73. The first-order valence-corrected chi connectivity index (χ1v) is 9.44. The van der Waals surface area contributed by atoms with Crippen LogP contribution in [-0.4, -0.2) is 18.0 Å². The zero-order valence-corrected chi connectivity index (χ0v) is 16.0. The monoisotopic (exact) mass is 394 g/mol. The zero-order chi connectivity index (χ0) is 18.8. The fraction of sp³-hybridized carbons (Fsp3) is 0.0476. The van der Waals surface area contributed by atoms with Gasteiger partial charge in [0, 0.05) is 16.8 Å². The second-order valence-corrected chi connectivity index (χ2v) is 7.31. The lowest BCUT2D eigenvalue weighted by molar-refractivity contribution is 0.102. The second kappa shape index (κ2) is 7.39. The van der Waals surface area contributed by atoms with Crippen LogP contribution >= 0.6 is 22.9 Å². The first kappa shape index (κ1) is 17.5. The molecule has 0 spiro atoms. The Bertz CT molecular complexity index is 1110. The SMILES string of the molecule is COc1ccc(C(=O)Nc2cccc(-c3nc4ccccc4s3)c2)cc1Cl. The molecule has 4 nitrogen and oxygen atoms in total. The van der Waals surface area contributed by atoms with E-state index in [1.165, 1.54) is 7.11 Å². The lowest BCUT2D eigenvalue weighted by Gasteiger charge is -2.08. The van der Waals surface area contributed by atoms with Gasteiger partial charge in [-0.2, -0.15) is 0 Å². The van der Waals surface area contributed by atoms with E-state index in [4.69, 9.17) is 16.3 Å². The number of para-hydroxylation sites is 1. The van der Waals surface area contributed by atoms with Crippen LogP contribution in [0.25, 0.3) is 20.8 Å². The standard InChI is InChI=1S/C21H15ClN2O2S/c1-26-18-10-9-13(12-16(18)22)20(25)23-15-6-4-5-14(11-15)21-24-17-7-2-3-8-19(17)27-21/h2-12H,1H3,(H,23,25). The van der Waals surface area contributed by atoms with Crippen LogP contribution in [0.15, 0.2) is 66.7 Å². The quantitative estimate of drug-likeness (QED) is 0.470. The van der Waals surface area contributed by atoms with Crippen molar-refractivity contribution in [2.75, 3.05) is 12.4 Å². The van der Waals surface area contributed by atoms with E-state index in [0.29, 0.717) is 22.0 Å². The van der Waals surface area contributed by atoms with Crippen molar-refractivity contribution < 1.29 is 9.53 Å². The van der Waals surface area contributed by atoms with E-state index in [1.54, 1.807) is 29.5 Å². The zero-order valence-electron chi connectivity index (χ0n) is 14.4. The minimum Gasteiger partial charge on any atom is -0.495 e. The van der Waals surface area contributed by atoms with E-state index in [1.807, 2.05) is 42.5 Å². The van der Waals surface area contributed by atoms with Crippen molar-refractivity contribution in [1.29, 1.82) is 0 Å². The van der Waals surface area contributed by atoms with E-state index >= 15 is 0 Å². The molecule has 0 unspecified atom stereocenters. The number of hydrogen-bond donors (Lipinski definition) is 1. The molecule has 27 heavy (non-hydrogen) atoms. The van der Waals surface area contributed by atoms with Gasteiger partial charge in [-0.3, -0.25) is 4.79 Å². The number of rotatable bonds is 4. The van der Waals surface area contributed by atoms with Crippen LogP contribution in [-0.2, 0) is 0 Å². The Morgan fingerprint density at radius 1 is 1.07 bits per heavy atom. The van der Waals surface area contributed by atoms with E-state index in [-0.39, 0.29) is 5.91 Å². The number of nitrogens with zero attached hydrogens (tertiary/aromatic N) is 1. The maximum atomic E-state index is 12.5. The molecule has 6 heteroatoms. The average molecular weight is 395 g/mol. The van der Waals surface area contributed by atoms with Crippen LogP contribution < -0.4 is 10.1 Å². The fourth-order valence-corrected chi connectivity index (χ4v) is 3.96. The lowest BCUT2D eigenvalue weighted by atomic mass is 10.1. The molecule has 0 fully saturated rings. The van der Waals surface area contributed by atoms with Gasteiger partial charge in [-0.15, -0.1) is 11.3 Å². The molecular weight excluding hydrogens is 380 g/mol. The number of ether oxygens (including phenoxy) is 1. The summed E-state index contributed by atoms with van der Waals surface area (Å²) < 4.78 is 6.25. The summed E-state index contributed by atoms with van der Waals surface area (Å²) in [5.74, 6) is 0.298. The van der Waals surface area contributed by atoms with Gasteiger partial charge in [0.1, 0.15) is 10.8 Å². The van der Waals surface area contributed by atoms with Crippen LogP contribution in [0.3, 0.4) is 0 Å². The van der Waals surface area contributed by atoms with Crippen molar-refractivity contribution in [2.24, 2.45) is 0 Å². The molecule has 3 aromatic carbocycles. The van der Waals surface area contributed by atoms with Crippen LogP contribution in [0.2, 0.25) is 5.02 Å². The minimum absolute atomic E-state index is 0.235. The van der Waals surface area contributed by atoms with Gasteiger partial charge in [-0.1, -0.05) is 35.9 Å². The number of thiazole rings is 1. The Morgan fingerprint density at radius 2 is 1.93 bits per heavy atom. The third-order valence-electron chi connectivity index (χ3n) is 4.08. The number of fused-ring (bicyclic) bond motifs is 1. The normalized spacial score (nSPS) is 10.7. The molecular formula is C21H15ClN2O2S. The van der Waals surface area contributed by atoms with Gasteiger partial charge in [-0.05, 0) is 42.5 Å². The van der Waals surface area contributed by atoms with Crippen LogP contribution in [0.5, 0.6) is 5.75 Å². The molecule has 1 aromatic heterocycles. The molecule has 0 aliphatic rings. The number of carbonyl (C=O) groups is 1. The molecule has 0 saturated carbocycles. The molecule has 1 amide bonds. The third-order valence-corrected chi connectivity index (χ3v) is 5.46. The van der Waals surface area contributed by atoms with E-state index in [9.17, 15) is 4.79 Å². The Labute approximate surface area is 165 Å². The number of anilines is 1. The number of nitrogens with one attached hydrogen (secondary N) is 1. The highest BCUT2D eigenvalue weighted by molar-refractivity contribution is 7.21. The summed E-state index contributed by atoms with van der Waals surface area (Å²) in [4.78, 5) is 17.2. The summed E-state index contributed by atoms with van der Waals surface area (Å²) in [6, 6.07) is 20.6. The molecule has 0 radical (unpaired) electrons. The number of methoxy groups -OCH3 is 1. The highest BCUT2D eigenvalue weighted by Gasteiger charge is 2.11. The van der Waals surface area contributed by atoms with Crippen molar-refractivity contribution in [3.05, 3.63) is 77.3 Å². The third kappa shape index (κ3) is 3.65. The molecule has 0 atom stereocenters. The molecule has 0 saturated heterocycles. The van der Waals surface area contributed by atoms with Gasteiger partial charge in [0.2, 0.25) is 0 Å². The Kier molecular flexibility index (Phi) is 4.79. The van der Waals surface area contributed by atoms with Crippen molar-refractivity contribution in [3.63, 3.8) is 0 Å². The summed E-state index contributed by atoms with van der Waals surface area (Å²) in [5.41, 5.74) is 3.09. The molecule has 0 bridgehead atoms. The minimum atomic E-state index is -0.235. The molecule has 1 heterocycles. The number of aromatic nitrogens is 1. The molecule has 0 aliphatic carbocycles. The highest BCUT2D eigenvalue weighted by Crippen LogP contribution is 2.31. The second-order valence-electron chi connectivity index (χ2n) is 5.87. The van der Waals surface area contributed by atoms with E-state index in [2.05, 4.69) is 16.4 Å². The Balaban J connectivity index is 1.59. The van der Waals surface area contributed by atoms with Crippen LogP contribution in [0.1, 0.15) is 10.4 Å². The summed E-state index contributed by atoms with van der Waals surface area (Å²) in [6.45, 7) is 0. The number of carbonyl (C=O) groups excluding carboxylic acids is 1. The number of halogens is 1. The summed E-state index contributed by atoms with van der Waals surface area (Å²) in [7, 11) is 1.54. The molecule has 1 N–H and O–H groups in total. The molecule has 4 aromatic rings. The highest BCUT2D eigenvalue weighted by atomic mass is 35.5. The molecule has 4 rings (SSSR count). The lowest BCUT2D eigenvalue weighted by Crippen LogP contribution is -2.11. The first-order valence-electron chi connectivity index (χ1n) is 8.25. The van der Waals surface area contributed by atoms with Gasteiger partial charge in [0.15, 0.2) is 0 Å². The van der Waals surface area contributed by atoms with E-state index < -0.39 is 0 Å². The van der Waals surface area contributed by atoms with Gasteiger partial charge in [0.25, 0.3) is 5.91 Å². The van der Waals surface area contributed by atoms with Crippen molar-refractivity contribution in [1.82, 2.24) is 4.98 Å². The number of hydrogen-bond acceptors (Lipinski definition) is 4. The Morgan fingerprint density at radius 3 is 2.70 bits per heavy atom. The van der Waals surface area contributed by atoms with Gasteiger partial charge < -0.3 is 10.1 Å². The molecule has 134 valence electrons. The number of benzene rings is 3. The fourth-order valence-electron chi connectivity index (χ4n) is 2.74. The summed E-state index contributed by atoms with van der Waals surface area (Å²) in [5, 5.41) is 4.22. The van der Waals surface area contributed by atoms with Crippen molar-refractivity contribution >= 4 is 44.7 Å². The first-order chi connectivity index (χ1) is 13.1. The largest absolute Gasteiger partial charge is 0.495 e. The van der Waals surface area contributed by atoms with Crippen molar-refractivity contribution in [3.8, 4) is 16.3 Å². The smallest absolute Gasteiger partial charge is 0.255 e. The van der Waals surface area contributed by atoms with Crippen molar-refractivity contribution in [2.45, 2.75) is 0 Å². The van der Waals surface area contributed by atoms with Gasteiger partial charge in [0.05, 0.1) is 22.3 Å². The topological polar surface area (TPSA) is 51.2 Å². The van der Waals surface area contributed by atoms with E-state index in [0.717, 1.165) is 20.8 Å². The Hall–Kier alpha value is -2.89. The summed E-state index contributed by atoms with van der Waals surface area (Å²) in [6.07, 6.45) is 0. The maximum Gasteiger partial charge on any atom is 0.255 e. The van der Waals surface area contributed by atoms with Crippen LogP contribution in [0.4, 0.5) is 5.69 Å². The number of amides is 1. The average Bonchev–Trinajstić information content (AvgIpc) is 3.12. The van der Waals surface area contributed by atoms with Gasteiger partial charge >= 0.3 is 0 Å². The maximum absolute atomic E-state index is 12.5. The predicted octanol–water partition coefficient (Wildman–Crippen LogP) is 5.88. The van der Waals surface area contributed by atoms with Gasteiger partial charge in [-0.25, -0.2) is 4.98 Å². The van der Waals surface area contributed by atoms with Crippen LogP contribution in [0, 0.1) is 0 Å².